The van der Waals surface area contributed by atoms with Gasteiger partial charge in [-0.3, -0.25) is 14.7 Å². The lowest BCUT2D eigenvalue weighted by molar-refractivity contribution is 0.0652. The number of hydrogen-bond donors (Lipinski definition) is 2. The van der Waals surface area contributed by atoms with Crippen molar-refractivity contribution in [1.82, 2.24) is 14.8 Å². The minimum Gasteiger partial charge on any atom is -0.409 e. The monoisotopic (exact) mass is 341 g/mol. The van der Waals surface area contributed by atoms with E-state index in [0.29, 0.717) is 38.3 Å². The maximum atomic E-state index is 12.3. The lowest BCUT2D eigenvalue weighted by Gasteiger charge is -2.34. The van der Waals surface area contributed by atoms with Crippen LogP contribution < -0.4 is 5.73 Å². The van der Waals surface area contributed by atoms with Crippen molar-refractivity contribution >= 4 is 27.7 Å². The number of nitrogens with zero attached hydrogens (tertiary/aromatic N) is 4. The molecule has 2 rings (SSSR count). The van der Waals surface area contributed by atoms with Gasteiger partial charge in [0.2, 0.25) is 0 Å². The zero-order valence-corrected chi connectivity index (χ0v) is 12.5. The molecule has 0 saturated carbocycles. The van der Waals surface area contributed by atoms with Crippen molar-refractivity contribution < 1.29 is 10.0 Å². The first-order chi connectivity index (χ1) is 9.60. The van der Waals surface area contributed by atoms with E-state index in [1.807, 2.05) is 4.90 Å². The first-order valence-electron chi connectivity index (χ1n) is 6.18. The van der Waals surface area contributed by atoms with E-state index in [1.54, 1.807) is 23.4 Å². The van der Waals surface area contributed by atoms with Crippen LogP contribution in [0.1, 0.15) is 10.4 Å². The topological polar surface area (TPSA) is 95.0 Å². The summed E-state index contributed by atoms with van der Waals surface area (Å²) < 4.78 is 0.786. The van der Waals surface area contributed by atoms with Crippen LogP contribution in [0, 0.1) is 0 Å². The van der Waals surface area contributed by atoms with Gasteiger partial charge in [0.1, 0.15) is 0 Å². The largest absolute Gasteiger partial charge is 0.409 e. The molecule has 8 heteroatoms. The van der Waals surface area contributed by atoms with Crippen LogP contribution in [-0.4, -0.2) is 64.5 Å². The molecule has 0 radical (unpaired) electrons. The number of nitrogens with two attached hydrogens (primary N) is 1. The first-order valence-corrected chi connectivity index (χ1v) is 6.98. The van der Waals surface area contributed by atoms with Gasteiger partial charge in [-0.25, -0.2) is 0 Å². The Balaban J connectivity index is 1.92. The van der Waals surface area contributed by atoms with E-state index in [1.165, 1.54) is 0 Å². The number of hydrogen-bond acceptors (Lipinski definition) is 5. The van der Waals surface area contributed by atoms with Crippen LogP contribution in [0.15, 0.2) is 28.1 Å². The molecule has 0 aromatic carbocycles. The molecule has 1 aromatic rings. The highest BCUT2D eigenvalue weighted by molar-refractivity contribution is 9.10. The summed E-state index contributed by atoms with van der Waals surface area (Å²) in [6, 6.07) is 1.76. The van der Waals surface area contributed by atoms with Gasteiger partial charge in [-0.15, -0.1) is 0 Å². The predicted molar refractivity (Wildman–Crippen MR) is 77.7 cm³/mol. The predicted octanol–water partition coefficient (Wildman–Crippen LogP) is 0.348. The van der Waals surface area contributed by atoms with E-state index in [4.69, 9.17) is 10.9 Å². The number of carbonyl (C=O) groups excluding carboxylic acids is 1. The van der Waals surface area contributed by atoms with E-state index in [9.17, 15) is 4.79 Å². The number of amides is 1. The van der Waals surface area contributed by atoms with Crippen LogP contribution in [-0.2, 0) is 0 Å². The molecule has 2 heterocycles. The molecule has 0 spiro atoms. The third kappa shape index (κ3) is 3.67. The number of pyridine rings is 1. The molecule has 1 aliphatic rings. The van der Waals surface area contributed by atoms with E-state index >= 15 is 0 Å². The second-order valence-corrected chi connectivity index (χ2v) is 5.47. The van der Waals surface area contributed by atoms with Crippen molar-refractivity contribution in [2.45, 2.75) is 0 Å². The molecule has 0 atom stereocenters. The highest BCUT2D eigenvalue weighted by Crippen LogP contribution is 2.13. The first kappa shape index (κ1) is 14.7. The Labute approximate surface area is 125 Å². The molecule has 1 amide bonds. The molecule has 1 aliphatic heterocycles. The summed E-state index contributed by atoms with van der Waals surface area (Å²) in [5, 5.41) is 11.5. The van der Waals surface area contributed by atoms with E-state index in [-0.39, 0.29) is 11.7 Å². The van der Waals surface area contributed by atoms with E-state index in [0.717, 1.165) is 4.47 Å². The normalized spacial score (nSPS) is 17.2. The summed E-state index contributed by atoms with van der Waals surface area (Å²) in [7, 11) is 0. The summed E-state index contributed by atoms with van der Waals surface area (Å²) in [6.07, 6.45) is 3.21. The lowest BCUT2D eigenvalue weighted by Crippen LogP contribution is -2.50. The SMILES string of the molecule is NC(CN1CCN(C(=O)c2cncc(Br)c2)CC1)=NO. The van der Waals surface area contributed by atoms with Crippen LogP contribution in [0.2, 0.25) is 0 Å². The Kier molecular flexibility index (Phi) is 4.91. The number of carbonyl (C=O) groups is 1. The number of rotatable bonds is 3. The van der Waals surface area contributed by atoms with Gasteiger partial charge in [0.25, 0.3) is 5.91 Å². The fourth-order valence-electron chi connectivity index (χ4n) is 2.08. The Hall–Kier alpha value is -1.67. The zero-order valence-electron chi connectivity index (χ0n) is 10.9. The molecule has 1 fully saturated rings. The fraction of sp³-hybridized carbons (Fsp3) is 0.417. The highest BCUT2D eigenvalue weighted by Gasteiger charge is 2.22. The third-order valence-electron chi connectivity index (χ3n) is 3.13. The van der Waals surface area contributed by atoms with Crippen molar-refractivity contribution in [1.29, 1.82) is 0 Å². The summed E-state index contributed by atoms with van der Waals surface area (Å²) in [5.74, 6) is 0.156. The van der Waals surface area contributed by atoms with Crippen LogP contribution in [0.5, 0.6) is 0 Å². The van der Waals surface area contributed by atoms with Crippen molar-refractivity contribution in [2.75, 3.05) is 32.7 Å². The van der Waals surface area contributed by atoms with Gasteiger partial charge in [-0.05, 0) is 22.0 Å². The number of halogens is 1. The van der Waals surface area contributed by atoms with Gasteiger partial charge in [0, 0.05) is 43.0 Å². The molecular weight excluding hydrogens is 326 g/mol. The minimum absolute atomic E-state index is 0.0257. The Morgan fingerprint density at radius 3 is 2.70 bits per heavy atom. The quantitative estimate of drug-likeness (QED) is 0.358. The lowest BCUT2D eigenvalue weighted by atomic mass is 10.2. The molecule has 7 nitrogen and oxygen atoms in total. The molecule has 0 unspecified atom stereocenters. The van der Waals surface area contributed by atoms with E-state index in [2.05, 4.69) is 26.1 Å². The van der Waals surface area contributed by atoms with Gasteiger partial charge in [0.15, 0.2) is 5.84 Å². The number of amidine groups is 1. The van der Waals surface area contributed by atoms with Crippen LogP contribution >= 0.6 is 15.9 Å². The van der Waals surface area contributed by atoms with Crippen molar-refractivity contribution in [3.05, 3.63) is 28.5 Å². The van der Waals surface area contributed by atoms with E-state index < -0.39 is 0 Å². The number of aromatic nitrogens is 1. The van der Waals surface area contributed by atoms with Crippen LogP contribution in [0.3, 0.4) is 0 Å². The third-order valence-corrected chi connectivity index (χ3v) is 3.56. The Bertz CT molecular complexity index is 514. The Morgan fingerprint density at radius 1 is 1.40 bits per heavy atom. The maximum absolute atomic E-state index is 12.3. The summed E-state index contributed by atoms with van der Waals surface area (Å²) in [6.45, 7) is 3.04. The second-order valence-electron chi connectivity index (χ2n) is 4.55. The van der Waals surface area contributed by atoms with Gasteiger partial charge in [-0.2, -0.15) is 0 Å². The minimum atomic E-state index is -0.0257. The van der Waals surface area contributed by atoms with Crippen LogP contribution in [0.4, 0.5) is 0 Å². The Morgan fingerprint density at radius 2 is 2.10 bits per heavy atom. The smallest absolute Gasteiger partial charge is 0.255 e. The standard InChI is InChI=1S/C12H16BrN5O2/c13-10-5-9(6-15-7-10)12(19)18-3-1-17(2-4-18)8-11(14)16-20/h5-7,20H,1-4,8H2,(H2,14,16). The molecule has 1 aromatic heterocycles. The summed E-state index contributed by atoms with van der Waals surface area (Å²) >= 11 is 3.31. The molecule has 1 saturated heterocycles. The fourth-order valence-corrected chi connectivity index (χ4v) is 2.45. The summed E-state index contributed by atoms with van der Waals surface area (Å²) in [4.78, 5) is 20.1. The molecule has 20 heavy (non-hydrogen) atoms. The number of piperazine rings is 1. The molecule has 3 N–H and O–H groups in total. The van der Waals surface area contributed by atoms with Gasteiger partial charge in [0.05, 0.1) is 12.1 Å². The van der Waals surface area contributed by atoms with Gasteiger partial charge < -0.3 is 15.8 Å². The second kappa shape index (κ2) is 6.67. The highest BCUT2D eigenvalue weighted by atomic mass is 79.9. The average molecular weight is 342 g/mol. The van der Waals surface area contributed by atoms with Crippen LogP contribution in [0.25, 0.3) is 0 Å². The van der Waals surface area contributed by atoms with Gasteiger partial charge >= 0.3 is 0 Å². The molecule has 0 aliphatic carbocycles. The molecule has 108 valence electrons. The van der Waals surface area contributed by atoms with Gasteiger partial charge in [-0.1, -0.05) is 5.16 Å². The van der Waals surface area contributed by atoms with Crippen molar-refractivity contribution in [3.63, 3.8) is 0 Å². The zero-order chi connectivity index (χ0) is 14.5. The summed E-state index contributed by atoms with van der Waals surface area (Å²) in [5.41, 5.74) is 6.04. The maximum Gasteiger partial charge on any atom is 0.255 e. The number of oxime groups is 1. The average Bonchev–Trinajstić information content (AvgIpc) is 2.47. The van der Waals surface area contributed by atoms with Crippen molar-refractivity contribution in [3.8, 4) is 0 Å². The van der Waals surface area contributed by atoms with Crippen molar-refractivity contribution in [2.24, 2.45) is 10.9 Å². The molecular formula is C12H16BrN5O2. The molecule has 0 bridgehead atoms.